The topological polar surface area (TPSA) is 178 Å². The molecule has 48 heavy (non-hydrogen) atoms. The minimum atomic E-state index is -0.582. The zero-order valence-electron chi connectivity index (χ0n) is 30.7. The van der Waals surface area contributed by atoms with Crippen molar-refractivity contribution in [1.29, 1.82) is 0 Å². The van der Waals surface area contributed by atoms with Gasteiger partial charge in [0, 0.05) is 37.7 Å². The zero-order valence-corrected chi connectivity index (χ0v) is 30.7. The summed E-state index contributed by atoms with van der Waals surface area (Å²) in [6, 6.07) is 0.896. The number of urea groups is 1. The van der Waals surface area contributed by atoms with Gasteiger partial charge >= 0.3 is 24.1 Å². The highest BCUT2D eigenvalue weighted by molar-refractivity contribution is 5.87. The fraction of sp³-hybridized carbons (Fsp3) is 0.771. The van der Waals surface area contributed by atoms with Gasteiger partial charge in [0.25, 0.3) is 5.56 Å². The highest BCUT2D eigenvalue weighted by Crippen LogP contribution is 2.32. The Bertz CT molecular complexity index is 1220. The highest BCUT2D eigenvalue weighted by atomic mass is 16.6. The molecule has 0 spiro atoms. The number of nitrogens with one attached hydrogen (secondary N) is 4. The fourth-order valence-corrected chi connectivity index (χ4v) is 5.72. The molecule has 0 radical (unpaired) electrons. The lowest BCUT2D eigenvalue weighted by Crippen LogP contribution is -2.34. The number of nitrogens with zero attached hydrogens (tertiary/aromatic N) is 1. The van der Waals surface area contributed by atoms with Crippen molar-refractivity contribution in [2.45, 2.75) is 126 Å². The number of amides is 3. The minimum absolute atomic E-state index is 0.0136. The highest BCUT2D eigenvalue weighted by Gasteiger charge is 2.24. The van der Waals surface area contributed by atoms with Crippen molar-refractivity contribution in [2.75, 3.05) is 31.6 Å². The van der Waals surface area contributed by atoms with Crippen molar-refractivity contribution in [3.8, 4) is 0 Å². The van der Waals surface area contributed by atoms with Gasteiger partial charge in [-0.05, 0) is 81.5 Å². The number of anilines is 1. The summed E-state index contributed by atoms with van der Waals surface area (Å²) in [6.07, 6.45) is 5.07. The second kappa shape index (κ2) is 21.4. The number of rotatable bonds is 22. The molecule has 13 heteroatoms. The summed E-state index contributed by atoms with van der Waals surface area (Å²) in [5.41, 5.74) is 0.0927. The lowest BCUT2D eigenvalue weighted by Gasteiger charge is -2.28. The van der Waals surface area contributed by atoms with Crippen molar-refractivity contribution in [1.82, 2.24) is 20.6 Å². The molecule has 1 rings (SSSR count). The van der Waals surface area contributed by atoms with E-state index in [0.29, 0.717) is 44.1 Å². The Hall–Kier alpha value is -3.64. The Balaban J connectivity index is 2.22. The number of H-pyrrole nitrogens is 1. The van der Waals surface area contributed by atoms with Crippen molar-refractivity contribution in [3.05, 3.63) is 22.1 Å². The number of hydrogen-bond acceptors (Lipinski definition) is 9. The average molecular weight is 680 g/mol. The molecule has 1 aromatic rings. The number of alkyl carbamates (subject to hydrolysis) is 1. The van der Waals surface area contributed by atoms with Crippen molar-refractivity contribution in [2.24, 2.45) is 22.7 Å². The van der Waals surface area contributed by atoms with E-state index in [-0.39, 0.29) is 53.2 Å². The first-order valence-electron chi connectivity index (χ1n) is 17.3. The van der Waals surface area contributed by atoms with E-state index in [2.05, 4.69) is 60.5 Å². The van der Waals surface area contributed by atoms with Crippen molar-refractivity contribution >= 4 is 30.0 Å². The first-order chi connectivity index (χ1) is 22.4. The molecule has 3 amide bonds. The number of carbonyl (C=O) groups is 4. The third-order valence-corrected chi connectivity index (χ3v) is 7.92. The van der Waals surface area contributed by atoms with Crippen LogP contribution in [0.1, 0.15) is 119 Å². The van der Waals surface area contributed by atoms with E-state index < -0.39 is 18.2 Å². The van der Waals surface area contributed by atoms with Crippen LogP contribution in [0.15, 0.2) is 10.9 Å². The maximum absolute atomic E-state index is 12.3. The Morgan fingerprint density at radius 1 is 0.917 bits per heavy atom. The third kappa shape index (κ3) is 20.6. The second-order valence-electron chi connectivity index (χ2n) is 14.7. The Morgan fingerprint density at radius 2 is 1.56 bits per heavy atom. The molecule has 0 saturated heterocycles. The van der Waals surface area contributed by atoms with Crippen LogP contribution in [0.5, 0.6) is 0 Å². The lowest BCUT2D eigenvalue weighted by molar-refractivity contribution is -0.146. The number of esters is 2. The van der Waals surface area contributed by atoms with Crippen LogP contribution < -0.4 is 21.5 Å². The summed E-state index contributed by atoms with van der Waals surface area (Å²) in [5.74, 6) is 0.122. The molecule has 0 aliphatic heterocycles. The van der Waals surface area contributed by atoms with Gasteiger partial charge in [-0.1, -0.05) is 48.5 Å². The molecule has 13 nitrogen and oxygen atoms in total. The van der Waals surface area contributed by atoms with Gasteiger partial charge in [0.2, 0.25) is 5.95 Å². The van der Waals surface area contributed by atoms with Crippen LogP contribution >= 0.6 is 0 Å². The SMILES string of the molecule is CCCOC(=O)CCC(C)(C)CC(C)CCNC(=O)OC(C)COC(=O)CCCC(C)(C)CC(C)CNC(=O)Nc1nc(C)cc(=O)[nH]1. The number of ether oxygens (including phenoxy) is 3. The molecule has 0 aliphatic carbocycles. The van der Waals surface area contributed by atoms with Gasteiger partial charge in [0.05, 0.1) is 6.61 Å². The van der Waals surface area contributed by atoms with E-state index in [4.69, 9.17) is 14.2 Å². The number of hydrogen-bond donors (Lipinski definition) is 4. The smallest absolute Gasteiger partial charge is 0.407 e. The number of aryl methyl sites for hydroxylation is 1. The summed E-state index contributed by atoms with van der Waals surface area (Å²) in [6.45, 7) is 19.4. The van der Waals surface area contributed by atoms with Crippen LogP contribution in [0.25, 0.3) is 0 Å². The van der Waals surface area contributed by atoms with Crippen LogP contribution in [0.3, 0.4) is 0 Å². The largest absolute Gasteiger partial charge is 0.466 e. The van der Waals surface area contributed by atoms with Gasteiger partial charge in [0.15, 0.2) is 0 Å². The molecule has 3 atom stereocenters. The summed E-state index contributed by atoms with van der Waals surface area (Å²) in [4.78, 5) is 66.7. The average Bonchev–Trinajstić information content (AvgIpc) is 2.95. The van der Waals surface area contributed by atoms with Crippen molar-refractivity contribution < 1.29 is 33.4 Å². The predicted octanol–water partition coefficient (Wildman–Crippen LogP) is 6.26. The summed E-state index contributed by atoms with van der Waals surface area (Å²) < 4.78 is 15.8. The Kier molecular flexibility index (Phi) is 18.9. The van der Waals surface area contributed by atoms with E-state index in [1.807, 2.05) is 13.8 Å². The van der Waals surface area contributed by atoms with Gasteiger partial charge < -0.3 is 24.8 Å². The summed E-state index contributed by atoms with van der Waals surface area (Å²) in [7, 11) is 0. The molecule has 0 aromatic carbocycles. The number of aromatic nitrogens is 2. The lowest BCUT2D eigenvalue weighted by atomic mass is 9.79. The molecule has 0 fully saturated rings. The molecule has 3 unspecified atom stereocenters. The van der Waals surface area contributed by atoms with E-state index in [1.54, 1.807) is 13.8 Å². The van der Waals surface area contributed by atoms with E-state index in [0.717, 1.165) is 38.5 Å². The number of carbonyl (C=O) groups excluding carboxylic acids is 4. The predicted molar refractivity (Wildman–Crippen MR) is 186 cm³/mol. The molecular formula is C35H61N5O8. The zero-order chi connectivity index (χ0) is 36.3. The van der Waals surface area contributed by atoms with E-state index in [1.165, 1.54) is 6.07 Å². The first kappa shape index (κ1) is 42.4. The molecule has 274 valence electrons. The fourth-order valence-electron chi connectivity index (χ4n) is 5.72. The third-order valence-electron chi connectivity index (χ3n) is 7.92. The van der Waals surface area contributed by atoms with E-state index in [9.17, 15) is 24.0 Å². The molecule has 1 heterocycles. The minimum Gasteiger partial charge on any atom is -0.466 e. The van der Waals surface area contributed by atoms with Gasteiger partial charge in [-0.25, -0.2) is 14.6 Å². The van der Waals surface area contributed by atoms with Crippen LogP contribution in [0.2, 0.25) is 0 Å². The van der Waals surface area contributed by atoms with Gasteiger partial charge in [-0.3, -0.25) is 24.7 Å². The van der Waals surface area contributed by atoms with Gasteiger partial charge in [0.1, 0.15) is 12.7 Å². The van der Waals surface area contributed by atoms with Crippen molar-refractivity contribution in [3.63, 3.8) is 0 Å². The molecule has 0 saturated carbocycles. The van der Waals surface area contributed by atoms with Crippen LogP contribution in [-0.2, 0) is 23.8 Å². The van der Waals surface area contributed by atoms with E-state index >= 15 is 0 Å². The monoisotopic (exact) mass is 679 g/mol. The van der Waals surface area contributed by atoms with Crippen LogP contribution in [-0.4, -0.2) is 66.4 Å². The summed E-state index contributed by atoms with van der Waals surface area (Å²) in [5, 5.41) is 8.11. The second-order valence-corrected chi connectivity index (χ2v) is 14.7. The molecule has 4 N–H and O–H groups in total. The quantitative estimate of drug-likeness (QED) is 0.0814. The standard InChI is InChI=1S/C35H61N5O8/c1-10-18-46-30(43)13-16-35(8,9)20-24(2)14-17-36-33(45)48-27(5)23-47-29(42)12-11-15-34(6,7)21-25(3)22-37-32(44)40-31-38-26(4)19-28(41)39-31/h19,24-25,27H,10-18,20-23H2,1-9H3,(H,36,45)(H3,37,38,39,40,41,44). The number of aromatic amines is 1. The molecule has 1 aromatic heterocycles. The van der Waals surface area contributed by atoms with Gasteiger partial charge in [-0.15, -0.1) is 0 Å². The summed E-state index contributed by atoms with van der Waals surface area (Å²) >= 11 is 0. The van der Waals surface area contributed by atoms with Crippen LogP contribution in [0.4, 0.5) is 15.5 Å². The van der Waals surface area contributed by atoms with Crippen LogP contribution in [0, 0.1) is 29.6 Å². The maximum Gasteiger partial charge on any atom is 0.407 e. The van der Waals surface area contributed by atoms with Gasteiger partial charge in [-0.2, -0.15) is 0 Å². The first-order valence-corrected chi connectivity index (χ1v) is 17.3. The molecule has 0 bridgehead atoms. The molecular weight excluding hydrogens is 618 g/mol. The normalized spacial score (nSPS) is 13.5. The Morgan fingerprint density at radius 3 is 2.23 bits per heavy atom. The Labute approximate surface area is 286 Å². The molecule has 0 aliphatic rings. The maximum atomic E-state index is 12.3.